The van der Waals surface area contributed by atoms with Gasteiger partial charge in [-0.1, -0.05) is 23.7 Å². The maximum absolute atomic E-state index is 12.6. The first-order chi connectivity index (χ1) is 10.1. The van der Waals surface area contributed by atoms with Crippen LogP contribution in [0.25, 0.3) is 0 Å². The standard InChI is InChI=1S/C16H18ClNO3/c17-11-5-3-10(4-6-11)14-2-1-9-18(14)15(19)12-7-8-13(12)16(20)21/h3-6,12-14H,1-2,7-9H2,(H,20,21). The van der Waals surface area contributed by atoms with Gasteiger partial charge in [0.05, 0.1) is 17.9 Å². The molecule has 21 heavy (non-hydrogen) atoms. The van der Waals surface area contributed by atoms with Crippen LogP contribution in [0.4, 0.5) is 0 Å². The fraction of sp³-hybridized carbons (Fsp3) is 0.500. The molecule has 4 nitrogen and oxygen atoms in total. The molecule has 5 heteroatoms. The van der Waals surface area contributed by atoms with Crippen molar-refractivity contribution in [2.45, 2.75) is 31.7 Å². The molecule has 3 unspecified atom stereocenters. The average molecular weight is 308 g/mol. The van der Waals surface area contributed by atoms with Gasteiger partial charge < -0.3 is 10.0 Å². The van der Waals surface area contributed by atoms with Gasteiger partial charge in [0.1, 0.15) is 0 Å². The highest BCUT2D eigenvalue weighted by Gasteiger charge is 2.45. The predicted molar refractivity (Wildman–Crippen MR) is 79.0 cm³/mol. The van der Waals surface area contributed by atoms with E-state index in [-0.39, 0.29) is 17.9 Å². The highest BCUT2D eigenvalue weighted by molar-refractivity contribution is 6.30. The third-order valence-corrected chi connectivity index (χ3v) is 4.95. The van der Waals surface area contributed by atoms with Crippen molar-refractivity contribution in [3.05, 3.63) is 34.9 Å². The quantitative estimate of drug-likeness (QED) is 0.933. The van der Waals surface area contributed by atoms with Gasteiger partial charge in [-0.05, 0) is 43.4 Å². The van der Waals surface area contributed by atoms with Gasteiger partial charge in [0, 0.05) is 11.6 Å². The summed E-state index contributed by atoms with van der Waals surface area (Å²) < 4.78 is 0. The third kappa shape index (κ3) is 2.64. The summed E-state index contributed by atoms with van der Waals surface area (Å²) in [5.74, 6) is -1.67. The van der Waals surface area contributed by atoms with Crippen molar-refractivity contribution in [3.63, 3.8) is 0 Å². The first-order valence-electron chi connectivity index (χ1n) is 7.36. The fourth-order valence-corrected chi connectivity index (χ4v) is 3.49. The maximum atomic E-state index is 12.6. The van der Waals surface area contributed by atoms with Crippen molar-refractivity contribution >= 4 is 23.5 Å². The Morgan fingerprint density at radius 3 is 2.33 bits per heavy atom. The second-order valence-corrected chi connectivity index (χ2v) is 6.31. The van der Waals surface area contributed by atoms with E-state index in [1.54, 1.807) is 0 Å². The number of benzene rings is 1. The van der Waals surface area contributed by atoms with E-state index in [0.717, 1.165) is 24.9 Å². The summed E-state index contributed by atoms with van der Waals surface area (Å²) in [5.41, 5.74) is 1.08. The van der Waals surface area contributed by atoms with Crippen LogP contribution in [0, 0.1) is 11.8 Å². The van der Waals surface area contributed by atoms with Gasteiger partial charge in [0.2, 0.25) is 5.91 Å². The summed E-state index contributed by atoms with van der Waals surface area (Å²) in [6, 6.07) is 7.63. The molecule has 3 atom stereocenters. The summed E-state index contributed by atoms with van der Waals surface area (Å²) in [6.07, 6.45) is 3.20. The molecule has 0 radical (unpaired) electrons. The lowest BCUT2D eigenvalue weighted by molar-refractivity contribution is -0.157. The molecule has 0 aromatic heterocycles. The second-order valence-electron chi connectivity index (χ2n) is 5.87. The summed E-state index contributed by atoms with van der Waals surface area (Å²) in [6.45, 7) is 0.717. The minimum absolute atomic E-state index is 0.00565. The van der Waals surface area contributed by atoms with E-state index in [9.17, 15) is 9.59 Å². The Hall–Kier alpha value is -1.55. The van der Waals surface area contributed by atoms with Gasteiger partial charge in [-0.2, -0.15) is 0 Å². The van der Waals surface area contributed by atoms with E-state index in [0.29, 0.717) is 17.9 Å². The van der Waals surface area contributed by atoms with Gasteiger partial charge in [-0.25, -0.2) is 0 Å². The Morgan fingerprint density at radius 2 is 1.76 bits per heavy atom. The van der Waals surface area contributed by atoms with Crippen LogP contribution in [0.3, 0.4) is 0 Å². The number of likely N-dealkylation sites (tertiary alicyclic amines) is 1. The zero-order valence-electron chi connectivity index (χ0n) is 11.7. The molecule has 1 saturated carbocycles. The van der Waals surface area contributed by atoms with Crippen LogP contribution in [0.5, 0.6) is 0 Å². The number of hydrogen-bond acceptors (Lipinski definition) is 2. The molecule has 1 aromatic carbocycles. The number of carboxylic acid groups (broad SMARTS) is 1. The van der Waals surface area contributed by atoms with Crippen LogP contribution < -0.4 is 0 Å². The fourth-order valence-electron chi connectivity index (χ4n) is 3.37. The Morgan fingerprint density at radius 1 is 1.10 bits per heavy atom. The average Bonchev–Trinajstić information content (AvgIpc) is 2.86. The maximum Gasteiger partial charge on any atom is 0.307 e. The number of aliphatic carboxylic acids is 1. The molecule has 0 spiro atoms. The number of carbonyl (C=O) groups excluding carboxylic acids is 1. The minimum atomic E-state index is -0.846. The molecule has 3 rings (SSSR count). The summed E-state index contributed by atoms with van der Waals surface area (Å²) in [4.78, 5) is 25.6. The zero-order valence-corrected chi connectivity index (χ0v) is 12.4. The Kier molecular flexibility index (Phi) is 3.89. The Labute approximate surface area is 128 Å². The normalized spacial score (nSPS) is 28.2. The third-order valence-electron chi connectivity index (χ3n) is 4.70. The first kappa shape index (κ1) is 14.4. The van der Waals surface area contributed by atoms with E-state index in [1.807, 2.05) is 29.2 Å². The Balaban J connectivity index is 1.76. The summed E-state index contributed by atoms with van der Waals surface area (Å²) >= 11 is 5.91. The molecule has 1 heterocycles. The number of carboxylic acids is 1. The van der Waals surface area contributed by atoms with Crippen molar-refractivity contribution < 1.29 is 14.7 Å². The smallest absolute Gasteiger partial charge is 0.307 e. The van der Waals surface area contributed by atoms with E-state index < -0.39 is 11.9 Å². The molecule has 1 amide bonds. The zero-order chi connectivity index (χ0) is 15.0. The molecule has 2 fully saturated rings. The summed E-state index contributed by atoms with van der Waals surface area (Å²) in [7, 11) is 0. The van der Waals surface area contributed by atoms with Crippen LogP contribution in [0.15, 0.2) is 24.3 Å². The monoisotopic (exact) mass is 307 g/mol. The molecule has 112 valence electrons. The minimum Gasteiger partial charge on any atom is -0.481 e. The number of carbonyl (C=O) groups is 2. The van der Waals surface area contributed by atoms with Crippen LogP contribution in [0.2, 0.25) is 5.02 Å². The van der Waals surface area contributed by atoms with E-state index in [1.165, 1.54) is 0 Å². The lowest BCUT2D eigenvalue weighted by atomic mass is 9.72. The number of nitrogens with zero attached hydrogens (tertiary/aromatic N) is 1. The van der Waals surface area contributed by atoms with Crippen molar-refractivity contribution in [1.82, 2.24) is 4.90 Å². The van der Waals surface area contributed by atoms with Crippen molar-refractivity contribution in [2.24, 2.45) is 11.8 Å². The molecule has 1 saturated heterocycles. The molecule has 0 bridgehead atoms. The van der Waals surface area contributed by atoms with Crippen molar-refractivity contribution in [3.8, 4) is 0 Å². The van der Waals surface area contributed by atoms with E-state index >= 15 is 0 Å². The van der Waals surface area contributed by atoms with Gasteiger partial charge in [-0.3, -0.25) is 9.59 Å². The number of amides is 1. The van der Waals surface area contributed by atoms with E-state index in [4.69, 9.17) is 16.7 Å². The number of halogens is 1. The molecule has 1 N–H and O–H groups in total. The molecular formula is C16H18ClNO3. The van der Waals surface area contributed by atoms with Crippen molar-refractivity contribution in [1.29, 1.82) is 0 Å². The van der Waals surface area contributed by atoms with Gasteiger partial charge in [0.15, 0.2) is 0 Å². The van der Waals surface area contributed by atoms with Crippen LogP contribution in [-0.4, -0.2) is 28.4 Å². The summed E-state index contributed by atoms with van der Waals surface area (Å²) in [5, 5.41) is 9.80. The van der Waals surface area contributed by atoms with Crippen LogP contribution in [0.1, 0.15) is 37.3 Å². The topological polar surface area (TPSA) is 57.6 Å². The SMILES string of the molecule is O=C(O)C1CCC1C(=O)N1CCCC1c1ccc(Cl)cc1. The van der Waals surface area contributed by atoms with Crippen molar-refractivity contribution in [2.75, 3.05) is 6.54 Å². The van der Waals surface area contributed by atoms with Crippen LogP contribution >= 0.6 is 11.6 Å². The predicted octanol–water partition coefficient (Wildman–Crippen LogP) is 3.11. The van der Waals surface area contributed by atoms with Gasteiger partial charge in [-0.15, -0.1) is 0 Å². The highest BCUT2D eigenvalue weighted by Crippen LogP contribution is 2.40. The Bertz CT molecular complexity index is 557. The molecule has 1 aliphatic heterocycles. The highest BCUT2D eigenvalue weighted by atomic mass is 35.5. The lowest BCUT2D eigenvalue weighted by Crippen LogP contribution is -2.45. The molecule has 1 aliphatic carbocycles. The number of rotatable bonds is 3. The van der Waals surface area contributed by atoms with Crippen LogP contribution in [-0.2, 0) is 9.59 Å². The second kappa shape index (κ2) is 5.68. The number of hydrogen-bond donors (Lipinski definition) is 1. The molecule has 2 aliphatic rings. The molecule has 1 aromatic rings. The lowest BCUT2D eigenvalue weighted by Gasteiger charge is -2.37. The van der Waals surface area contributed by atoms with Gasteiger partial charge in [0.25, 0.3) is 0 Å². The molecular weight excluding hydrogens is 290 g/mol. The van der Waals surface area contributed by atoms with E-state index in [2.05, 4.69) is 0 Å². The van der Waals surface area contributed by atoms with Gasteiger partial charge >= 0.3 is 5.97 Å². The first-order valence-corrected chi connectivity index (χ1v) is 7.74. The largest absolute Gasteiger partial charge is 0.481 e.